The van der Waals surface area contributed by atoms with E-state index in [1.165, 1.54) is 5.56 Å². The highest BCUT2D eigenvalue weighted by Crippen LogP contribution is 2.07. The van der Waals surface area contributed by atoms with Gasteiger partial charge in [-0.25, -0.2) is 0 Å². The number of benzene rings is 1. The standard InChI is InChI=1S/C20H37N5.HI/c1-6-25(7-2)16-15-23-20(21-4)22-14-13-18(3)24(5)17-19-11-9-8-10-12-19;/h8-12,18H,6-7,13-17H2,1-5H3,(H2,21,22,23);1H. The number of likely N-dealkylation sites (N-methyl/N-ethyl adjacent to an activating group) is 1. The summed E-state index contributed by atoms with van der Waals surface area (Å²) < 4.78 is 0. The molecule has 1 aromatic carbocycles. The number of rotatable bonds is 11. The van der Waals surface area contributed by atoms with Crippen LogP contribution in [0.25, 0.3) is 0 Å². The molecule has 2 N–H and O–H groups in total. The Morgan fingerprint density at radius 3 is 2.27 bits per heavy atom. The Kier molecular flexibility index (Phi) is 14.7. The quantitative estimate of drug-likeness (QED) is 0.294. The Morgan fingerprint density at radius 2 is 1.69 bits per heavy atom. The number of hydrogen-bond donors (Lipinski definition) is 2. The summed E-state index contributed by atoms with van der Waals surface area (Å²) >= 11 is 0. The molecule has 0 saturated heterocycles. The van der Waals surface area contributed by atoms with E-state index in [0.717, 1.165) is 51.6 Å². The molecule has 5 nitrogen and oxygen atoms in total. The molecule has 1 atom stereocenters. The summed E-state index contributed by atoms with van der Waals surface area (Å²) in [6.07, 6.45) is 1.08. The molecular weight excluding hydrogens is 437 g/mol. The average Bonchev–Trinajstić information content (AvgIpc) is 2.64. The first kappa shape index (κ1) is 25.1. The number of guanidine groups is 1. The van der Waals surface area contributed by atoms with Crippen LogP contribution in [0.4, 0.5) is 0 Å². The Morgan fingerprint density at radius 1 is 1.08 bits per heavy atom. The lowest BCUT2D eigenvalue weighted by atomic mass is 10.1. The SMILES string of the molecule is CCN(CC)CCNC(=NC)NCCC(C)N(C)Cc1ccccc1.I. The minimum Gasteiger partial charge on any atom is -0.356 e. The second-order valence-electron chi connectivity index (χ2n) is 6.49. The van der Waals surface area contributed by atoms with Gasteiger partial charge in [0, 0.05) is 39.3 Å². The smallest absolute Gasteiger partial charge is 0.191 e. The van der Waals surface area contributed by atoms with Crippen molar-refractivity contribution in [3.8, 4) is 0 Å². The second-order valence-corrected chi connectivity index (χ2v) is 6.49. The summed E-state index contributed by atoms with van der Waals surface area (Å²) in [7, 11) is 4.02. The van der Waals surface area contributed by atoms with Crippen LogP contribution in [0.1, 0.15) is 32.8 Å². The molecule has 1 rings (SSSR count). The van der Waals surface area contributed by atoms with Crippen LogP contribution in [0.3, 0.4) is 0 Å². The minimum atomic E-state index is 0. The van der Waals surface area contributed by atoms with Crippen LogP contribution in [0, 0.1) is 0 Å². The van der Waals surface area contributed by atoms with E-state index in [4.69, 9.17) is 0 Å². The van der Waals surface area contributed by atoms with Gasteiger partial charge in [-0.15, -0.1) is 24.0 Å². The molecule has 0 radical (unpaired) electrons. The molecule has 150 valence electrons. The number of halogens is 1. The fourth-order valence-corrected chi connectivity index (χ4v) is 2.74. The molecule has 0 heterocycles. The van der Waals surface area contributed by atoms with Crippen molar-refractivity contribution in [2.24, 2.45) is 4.99 Å². The van der Waals surface area contributed by atoms with Crippen molar-refractivity contribution in [2.75, 3.05) is 46.8 Å². The lowest BCUT2D eigenvalue weighted by molar-refractivity contribution is 0.238. The van der Waals surface area contributed by atoms with Gasteiger partial charge in [0.15, 0.2) is 5.96 Å². The maximum Gasteiger partial charge on any atom is 0.191 e. The van der Waals surface area contributed by atoms with Gasteiger partial charge in [0.2, 0.25) is 0 Å². The summed E-state index contributed by atoms with van der Waals surface area (Å²) in [5, 5.41) is 6.82. The molecule has 0 aromatic heterocycles. The normalized spacial score (nSPS) is 12.8. The van der Waals surface area contributed by atoms with Crippen LogP contribution in [0.15, 0.2) is 35.3 Å². The molecule has 26 heavy (non-hydrogen) atoms. The van der Waals surface area contributed by atoms with Gasteiger partial charge in [0.05, 0.1) is 0 Å². The first-order chi connectivity index (χ1) is 12.1. The van der Waals surface area contributed by atoms with E-state index in [2.05, 4.69) is 83.6 Å². The maximum atomic E-state index is 4.31. The predicted molar refractivity (Wildman–Crippen MR) is 125 cm³/mol. The Balaban J connectivity index is 0.00000625. The van der Waals surface area contributed by atoms with E-state index < -0.39 is 0 Å². The van der Waals surface area contributed by atoms with Crippen molar-refractivity contribution in [2.45, 2.75) is 39.8 Å². The van der Waals surface area contributed by atoms with Gasteiger partial charge in [-0.3, -0.25) is 9.89 Å². The first-order valence-corrected chi connectivity index (χ1v) is 9.51. The summed E-state index contributed by atoms with van der Waals surface area (Å²) in [5.74, 6) is 0.894. The molecular formula is C20H38IN5. The van der Waals surface area contributed by atoms with Crippen molar-refractivity contribution in [3.05, 3.63) is 35.9 Å². The molecule has 6 heteroatoms. The van der Waals surface area contributed by atoms with E-state index >= 15 is 0 Å². The Hall–Kier alpha value is -0.860. The minimum absolute atomic E-state index is 0. The van der Waals surface area contributed by atoms with Crippen LogP contribution in [-0.2, 0) is 6.54 Å². The molecule has 1 aromatic rings. The van der Waals surface area contributed by atoms with E-state index in [0.29, 0.717) is 6.04 Å². The zero-order valence-corrected chi connectivity index (χ0v) is 19.5. The van der Waals surface area contributed by atoms with Gasteiger partial charge in [-0.1, -0.05) is 44.2 Å². The van der Waals surface area contributed by atoms with Gasteiger partial charge in [-0.2, -0.15) is 0 Å². The van der Waals surface area contributed by atoms with Crippen molar-refractivity contribution >= 4 is 29.9 Å². The van der Waals surface area contributed by atoms with E-state index in [-0.39, 0.29) is 24.0 Å². The van der Waals surface area contributed by atoms with E-state index in [1.54, 1.807) is 0 Å². The fourth-order valence-electron chi connectivity index (χ4n) is 2.74. The predicted octanol–water partition coefficient (Wildman–Crippen LogP) is 3.02. The first-order valence-electron chi connectivity index (χ1n) is 9.51. The van der Waals surface area contributed by atoms with E-state index in [9.17, 15) is 0 Å². The fraction of sp³-hybridized carbons (Fsp3) is 0.650. The monoisotopic (exact) mass is 475 g/mol. The summed E-state index contributed by atoms with van der Waals surface area (Å²) in [6.45, 7) is 12.7. The molecule has 1 unspecified atom stereocenters. The van der Waals surface area contributed by atoms with Crippen LogP contribution in [0.2, 0.25) is 0 Å². The largest absolute Gasteiger partial charge is 0.356 e. The van der Waals surface area contributed by atoms with Gasteiger partial charge < -0.3 is 15.5 Å². The number of hydrogen-bond acceptors (Lipinski definition) is 3. The lowest BCUT2D eigenvalue weighted by Gasteiger charge is -2.25. The Bertz CT molecular complexity index is 476. The molecule has 0 aliphatic rings. The third-order valence-electron chi connectivity index (χ3n) is 4.72. The second kappa shape index (κ2) is 15.2. The van der Waals surface area contributed by atoms with Crippen molar-refractivity contribution in [1.82, 2.24) is 20.4 Å². The van der Waals surface area contributed by atoms with Crippen LogP contribution in [-0.4, -0.2) is 68.6 Å². The van der Waals surface area contributed by atoms with Gasteiger partial charge in [0.25, 0.3) is 0 Å². The highest BCUT2D eigenvalue weighted by molar-refractivity contribution is 14.0. The molecule has 0 aliphatic carbocycles. The molecule has 0 aliphatic heterocycles. The zero-order valence-electron chi connectivity index (χ0n) is 17.2. The molecule has 0 amide bonds. The topological polar surface area (TPSA) is 42.9 Å². The molecule has 0 fully saturated rings. The van der Waals surface area contributed by atoms with Gasteiger partial charge in [0.1, 0.15) is 0 Å². The Labute approximate surface area is 177 Å². The number of nitrogens with one attached hydrogen (secondary N) is 2. The van der Waals surface area contributed by atoms with E-state index in [1.807, 2.05) is 7.05 Å². The number of aliphatic imine (C=N–C) groups is 1. The highest BCUT2D eigenvalue weighted by Gasteiger charge is 2.09. The summed E-state index contributed by atoms with van der Waals surface area (Å²) in [6, 6.07) is 11.1. The van der Waals surface area contributed by atoms with Crippen molar-refractivity contribution in [1.29, 1.82) is 0 Å². The van der Waals surface area contributed by atoms with Gasteiger partial charge >= 0.3 is 0 Å². The van der Waals surface area contributed by atoms with Gasteiger partial charge in [-0.05, 0) is 39.0 Å². The average molecular weight is 475 g/mol. The van der Waals surface area contributed by atoms with Crippen LogP contribution in [0.5, 0.6) is 0 Å². The maximum absolute atomic E-state index is 4.31. The lowest BCUT2D eigenvalue weighted by Crippen LogP contribution is -2.43. The van der Waals surface area contributed by atoms with Crippen molar-refractivity contribution < 1.29 is 0 Å². The molecule has 0 saturated carbocycles. The third-order valence-corrected chi connectivity index (χ3v) is 4.72. The van der Waals surface area contributed by atoms with Crippen LogP contribution < -0.4 is 10.6 Å². The molecule has 0 bridgehead atoms. The summed E-state index contributed by atoms with van der Waals surface area (Å²) in [5.41, 5.74) is 1.36. The number of nitrogens with zero attached hydrogens (tertiary/aromatic N) is 3. The zero-order chi connectivity index (χ0) is 18.5. The van der Waals surface area contributed by atoms with Crippen molar-refractivity contribution in [3.63, 3.8) is 0 Å². The van der Waals surface area contributed by atoms with Crippen LogP contribution >= 0.6 is 24.0 Å². The molecule has 0 spiro atoms. The summed E-state index contributed by atoms with van der Waals surface area (Å²) in [4.78, 5) is 9.11. The highest BCUT2D eigenvalue weighted by atomic mass is 127. The third kappa shape index (κ3) is 10.3.